The predicted octanol–water partition coefficient (Wildman–Crippen LogP) is 4.51. The summed E-state index contributed by atoms with van der Waals surface area (Å²) in [7, 11) is 0. The average Bonchev–Trinajstić information content (AvgIpc) is 3.01. The van der Waals surface area contributed by atoms with Crippen molar-refractivity contribution in [3.8, 4) is 5.69 Å². The van der Waals surface area contributed by atoms with Crippen LogP contribution in [0.4, 0.5) is 8.78 Å². The Morgan fingerprint density at radius 1 is 1.22 bits per heavy atom. The Morgan fingerprint density at radius 2 is 2.00 bits per heavy atom. The van der Waals surface area contributed by atoms with Crippen LogP contribution >= 0.6 is 0 Å². The molecule has 0 aliphatic heterocycles. The zero-order valence-corrected chi connectivity index (χ0v) is 15.5. The molecule has 3 rings (SSSR count). The normalized spacial score (nSPS) is 12.2. The standard InChI is InChI=1S/C21H21F2N3O/c1-13(24-11-16-5-4-6-17(9-16)15(3)27)19-12-25-26(14(19)2)21-8-7-18(22)10-20(21)23/h4-10,12-13,24H,11H2,1-3H3/t13-/m1/s1. The molecule has 140 valence electrons. The number of hydrogen-bond donors (Lipinski definition) is 1. The van der Waals surface area contributed by atoms with Gasteiger partial charge < -0.3 is 5.32 Å². The highest BCUT2D eigenvalue weighted by Gasteiger charge is 2.16. The lowest BCUT2D eigenvalue weighted by atomic mass is 10.1. The Labute approximate surface area is 156 Å². The van der Waals surface area contributed by atoms with E-state index in [1.54, 1.807) is 19.2 Å². The van der Waals surface area contributed by atoms with Crippen LogP contribution in [-0.4, -0.2) is 15.6 Å². The van der Waals surface area contributed by atoms with Crippen LogP contribution in [0.2, 0.25) is 0 Å². The second-order valence-corrected chi connectivity index (χ2v) is 6.55. The van der Waals surface area contributed by atoms with Crippen LogP contribution < -0.4 is 5.32 Å². The van der Waals surface area contributed by atoms with Gasteiger partial charge in [0.25, 0.3) is 0 Å². The maximum atomic E-state index is 14.1. The molecular formula is C21H21F2N3O. The molecule has 1 N–H and O–H groups in total. The summed E-state index contributed by atoms with van der Waals surface area (Å²) in [6.45, 7) is 5.96. The third-order valence-electron chi connectivity index (χ3n) is 4.60. The van der Waals surface area contributed by atoms with Crippen LogP contribution in [0.5, 0.6) is 0 Å². The first-order valence-corrected chi connectivity index (χ1v) is 8.70. The molecule has 0 radical (unpaired) electrons. The molecule has 0 spiro atoms. The monoisotopic (exact) mass is 369 g/mol. The van der Waals surface area contributed by atoms with Gasteiger partial charge in [-0.25, -0.2) is 13.5 Å². The molecule has 0 bridgehead atoms. The molecule has 0 aliphatic rings. The van der Waals surface area contributed by atoms with Crippen LogP contribution in [0.1, 0.15) is 47.1 Å². The van der Waals surface area contributed by atoms with Crippen molar-refractivity contribution in [3.05, 3.63) is 82.7 Å². The van der Waals surface area contributed by atoms with Crippen molar-refractivity contribution in [1.29, 1.82) is 0 Å². The number of Topliss-reactive ketones (excluding diaryl/α,β-unsaturated/α-hetero) is 1. The number of hydrogen-bond acceptors (Lipinski definition) is 3. The largest absolute Gasteiger partial charge is 0.306 e. The number of nitrogens with zero attached hydrogens (tertiary/aromatic N) is 2. The molecule has 1 atom stereocenters. The van der Waals surface area contributed by atoms with Crippen molar-refractivity contribution < 1.29 is 13.6 Å². The van der Waals surface area contributed by atoms with Crippen molar-refractivity contribution in [2.24, 2.45) is 0 Å². The Bertz CT molecular complexity index is 981. The van der Waals surface area contributed by atoms with Gasteiger partial charge in [0.05, 0.1) is 6.20 Å². The Hall–Kier alpha value is -2.86. The molecule has 6 heteroatoms. The molecule has 1 heterocycles. The Morgan fingerprint density at radius 3 is 2.70 bits per heavy atom. The van der Waals surface area contributed by atoms with Crippen molar-refractivity contribution >= 4 is 5.78 Å². The minimum atomic E-state index is -0.658. The summed E-state index contributed by atoms with van der Waals surface area (Å²) >= 11 is 0. The number of carbonyl (C=O) groups is 1. The minimum Gasteiger partial charge on any atom is -0.306 e. The molecule has 27 heavy (non-hydrogen) atoms. The fourth-order valence-corrected chi connectivity index (χ4v) is 3.02. The van der Waals surface area contributed by atoms with Crippen molar-refractivity contribution in [2.45, 2.75) is 33.4 Å². The van der Waals surface area contributed by atoms with Gasteiger partial charge in [0.15, 0.2) is 11.6 Å². The van der Waals surface area contributed by atoms with Gasteiger partial charge in [-0.15, -0.1) is 0 Å². The van der Waals surface area contributed by atoms with E-state index in [9.17, 15) is 13.6 Å². The van der Waals surface area contributed by atoms with Crippen LogP contribution in [-0.2, 0) is 6.54 Å². The maximum Gasteiger partial charge on any atom is 0.159 e. The van der Waals surface area contributed by atoms with E-state index in [0.717, 1.165) is 22.9 Å². The highest BCUT2D eigenvalue weighted by molar-refractivity contribution is 5.94. The molecule has 0 unspecified atom stereocenters. The van der Waals surface area contributed by atoms with Crippen molar-refractivity contribution in [2.75, 3.05) is 0 Å². The highest BCUT2D eigenvalue weighted by Crippen LogP contribution is 2.22. The SMILES string of the molecule is CC(=O)c1cccc(CN[C@H](C)c2cnn(-c3ccc(F)cc3F)c2C)c1. The van der Waals surface area contributed by atoms with Gasteiger partial charge in [0.1, 0.15) is 11.5 Å². The topological polar surface area (TPSA) is 46.9 Å². The molecule has 1 aromatic heterocycles. The van der Waals surface area contributed by atoms with E-state index in [1.165, 1.54) is 16.8 Å². The van der Waals surface area contributed by atoms with Gasteiger partial charge in [-0.1, -0.05) is 18.2 Å². The van der Waals surface area contributed by atoms with Crippen molar-refractivity contribution in [3.63, 3.8) is 0 Å². The number of nitrogens with one attached hydrogen (secondary N) is 1. The highest BCUT2D eigenvalue weighted by atomic mass is 19.1. The molecule has 0 saturated heterocycles. The number of rotatable bonds is 6. The van der Waals surface area contributed by atoms with Gasteiger partial charge >= 0.3 is 0 Å². The summed E-state index contributed by atoms with van der Waals surface area (Å²) in [5.74, 6) is -1.25. The van der Waals surface area contributed by atoms with Gasteiger partial charge in [-0.3, -0.25) is 4.79 Å². The fraction of sp³-hybridized carbons (Fsp3) is 0.238. The van der Waals surface area contributed by atoms with E-state index in [0.29, 0.717) is 12.1 Å². The molecule has 0 fully saturated rings. The summed E-state index contributed by atoms with van der Waals surface area (Å²) in [4.78, 5) is 11.5. The van der Waals surface area contributed by atoms with Gasteiger partial charge in [0, 0.05) is 35.5 Å². The van der Waals surface area contributed by atoms with E-state index >= 15 is 0 Å². The second kappa shape index (κ2) is 7.80. The lowest BCUT2D eigenvalue weighted by Crippen LogP contribution is -2.19. The average molecular weight is 369 g/mol. The first kappa shape index (κ1) is 18.9. The number of halogens is 2. The molecule has 0 amide bonds. The lowest BCUT2D eigenvalue weighted by molar-refractivity contribution is 0.101. The van der Waals surface area contributed by atoms with E-state index in [-0.39, 0.29) is 17.5 Å². The molecule has 4 nitrogen and oxygen atoms in total. The van der Waals surface area contributed by atoms with E-state index in [1.807, 2.05) is 32.0 Å². The zero-order valence-electron chi connectivity index (χ0n) is 15.5. The van der Waals surface area contributed by atoms with Crippen LogP contribution in [0, 0.1) is 18.6 Å². The third kappa shape index (κ3) is 4.11. The predicted molar refractivity (Wildman–Crippen MR) is 99.9 cm³/mol. The van der Waals surface area contributed by atoms with E-state index in [4.69, 9.17) is 0 Å². The first-order valence-electron chi connectivity index (χ1n) is 8.70. The zero-order chi connectivity index (χ0) is 19.6. The number of aromatic nitrogens is 2. The van der Waals surface area contributed by atoms with E-state index in [2.05, 4.69) is 10.4 Å². The maximum absolute atomic E-state index is 14.1. The van der Waals surface area contributed by atoms with Crippen LogP contribution in [0.25, 0.3) is 5.69 Å². The van der Waals surface area contributed by atoms with Gasteiger partial charge in [-0.05, 0) is 44.5 Å². The number of carbonyl (C=O) groups excluding carboxylic acids is 1. The summed E-state index contributed by atoms with van der Waals surface area (Å²) in [5.41, 5.74) is 3.59. The number of benzene rings is 2. The smallest absolute Gasteiger partial charge is 0.159 e. The number of ketones is 1. The first-order chi connectivity index (χ1) is 12.9. The molecule has 0 aliphatic carbocycles. The summed E-state index contributed by atoms with van der Waals surface area (Å²) < 4.78 is 28.7. The summed E-state index contributed by atoms with van der Waals surface area (Å²) in [5, 5.41) is 7.65. The van der Waals surface area contributed by atoms with Gasteiger partial charge in [0.2, 0.25) is 0 Å². The molecule has 2 aromatic carbocycles. The summed E-state index contributed by atoms with van der Waals surface area (Å²) in [6, 6.07) is 10.9. The third-order valence-corrected chi connectivity index (χ3v) is 4.60. The summed E-state index contributed by atoms with van der Waals surface area (Å²) in [6.07, 6.45) is 1.68. The van der Waals surface area contributed by atoms with Crippen LogP contribution in [0.3, 0.4) is 0 Å². The van der Waals surface area contributed by atoms with Crippen LogP contribution in [0.15, 0.2) is 48.7 Å². The Balaban J connectivity index is 1.76. The van der Waals surface area contributed by atoms with E-state index < -0.39 is 11.6 Å². The molecule has 0 saturated carbocycles. The van der Waals surface area contributed by atoms with Crippen molar-refractivity contribution in [1.82, 2.24) is 15.1 Å². The lowest BCUT2D eigenvalue weighted by Gasteiger charge is -2.15. The fourth-order valence-electron chi connectivity index (χ4n) is 3.02. The molecular weight excluding hydrogens is 348 g/mol. The quantitative estimate of drug-likeness (QED) is 0.650. The van der Waals surface area contributed by atoms with Gasteiger partial charge in [-0.2, -0.15) is 5.10 Å². The second-order valence-electron chi connectivity index (χ2n) is 6.55. The Kier molecular flexibility index (Phi) is 5.46. The minimum absolute atomic E-state index is 0.0309. The molecule has 3 aromatic rings.